The van der Waals surface area contributed by atoms with Gasteiger partial charge in [-0.15, -0.1) is 0 Å². The Morgan fingerprint density at radius 2 is 1.62 bits per heavy atom. The number of ether oxygens (including phenoxy) is 4. The highest BCUT2D eigenvalue weighted by Gasteiger charge is 2.53. The number of aliphatic carboxylic acids is 1. The van der Waals surface area contributed by atoms with Gasteiger partial charge in [-0.1, -0.05) is 0 Å². The van der Waals surface area contributed by atoms with Crippen molar-refractivity contribution in [1.82, 2.24) is 5.32 Å². The van der Waals surface area contributed by atoms with E-state index in [2.05, 4.69) is 9.50 Å². The number of carbonyl (C=O) groups excluding carboxylic acids is 1. The van der Waals surface area contributed by atoms with E-state index in [4.69, 9.17) is 28.6 Å². The van der Waals surface area contributed by atoms with Crippen LogP contribution < -0.4 is 5.32 Å². The molecule has 17 heteroatoms. The van der Waals surface area contributed by atoms with E-state index < -0.39 is 90.2 Å². The SMILES string of the molecule is CO[C@H]1OC(COS(=O)(=O)O)[C@@H](O)[C@H](O[C@@H]2OC(C(=O)O)[C@@H](O)[C@H](O)C2O)C1NC(C)=O. The summed E-state index contributed by atoms with van der Waals surface area (Å²) >= 11 is 0. The summed E-state index contributed by atoms with van der Waals surface area (Å²) < 4.78 is 55.6. The topological polar surface area (TPSA) is 248 Å². The zero-order chi connectivity index (χ0) is 24.4. The molecule has 0 aromatic heterocycles. The molecule has 0 aliphatic carbocycles. The molecule has 0 aromatic rings. The maximum atomic E-state index is 11.6. The monoisotopic (exact) mass is 491 g/mol. The van der Waals surface area contributed by atoms with Crippen LogP contribution in [0.5, 0.6) is 0 Å². The van der Waals surface area contributed by atoms with Crippen LogP contribution in [0.3, 0.4) is 0 Å². The molecule has 7 N–H and O–H groups in total. The molecule has 2 heterocycles. The number of aliphatic hydroxyl groups excluding tert-OH is 4. The number of hydrogen-bond acceptors (Lipinski definition) is 13. The maximum absolute atomic E-state index is 11.6. The van der Waals surface area contributed by atoms with Gasteiger partial charge in [0.05, 0.1) is 6.61 Å². The van der Waals surface area contributed by atoms with E-state index in [0.29, 0.717) is 0 Å². The lowest BCUT2D eigenvalue weighted by Crippen LogP contribution is -2.68. The Bertz CT molecular complexity index is 777. The van der Waals surface area contributed by atoms with Crippen LogP contribution in [0, 0.1) is 0 Å². The average Bonchev–Trinajstić information content (AvgIpc) is 2.68. The Kier molecular flexibility index (Phi) is 8.87. The van der Waals surface area contributed by atoms with E-state index in [1.54, 1.807) is 0 Å². The molecule has 10 atom stereocenters. The number of carboxylic acid groups (broad SMARTS) is 1. The van der Waals surface area contributed by atoms with Gasteiger partial charge in [-0.25, -0.2) is 8.98 Å². The number of aliphatic hydroxyl groups is 4. The number of rotatable bonds is 8. The lowest BCUT2D eigenvalue weighted by atomic mass is 9.95. The summed E-state index contributed by atoms with van der Waals surface area (Å²) in [6, 6.07) is -1.31. The molecular formula is C15H25NO15S. The van der Waals surface area contributed by atoms with Gasteiger partial charge in [0.1, 0.15) is 42.7 Å². The summed E-state index contributed by atoms with van der Waals surface area (Å²) in [6.45, 7) is 0.190. The maximum Gasteiger partial charge on any atom is 0.397 e. The molecule has 186 valence electrons. The number of amides is 1. The van der Waals surface area contributed by atoms with Gasteiger partial charge in [0, 0.05) is 14.0 Å². The van der Waals surface area contributed by atoms with Crippen LogP contribution in [0.2, 0.25) is 0 Å². The van der Waals surface area contributed by atoms with E-state index in [0.717, 1.165) is 14.0 Å². The van der Waals surface area contributed by atoms with Crippen LogP contribution in [0.25, 0.3) is 0 Å². The van der Waals surface area contributed by atoms with Crippen molar-refractivity contribution in [2.24, 2.45) is 0 Å². The molecule has 4 unspecified atom stereocenters. The highest BCUT2D eigenvalue weighted by Crippen LogP contribution is 2.30. The van der Waals surface area contributed by atoms with Crippen LogP contribution in [0.4, 0.5) is 0 Å². The summed E-state index contributed by atoms with van der Waals surface area (Å²) in [5.74, 6) is -2.32. The molecule has 1 amide bonds. The van der Waals surface area contributed by atoms with Gasteiger partial charge in [-0.2, -0.15) is 8.42 Å². The molecule has 2 aliphatic heterocycles. The molecule has 2 fully saturated rings. The molecule has 2 rings (SSSR count). The summed E-state index contributed by atoms with van der Waals surface area (Å²) in [7, 11) is -3.78. The number of carbonyl (C=O) groups is 2. The van der Waals surface area contributed by atoms with Gasteiger partial charge in [0.15, 0.2) is 18.7 Å². The van der Waals surface area contributed by atoms with E-state index in [1.165, 1.54) is 0 Å². The van der Waals surface area contributed by atoms with Crippen molar-refractivity contribution in [2.45, 2.75) is 68.3 Å². The normalized spacial score (nSPS) is 40.6. The molecule has 0 saturated carbocycles. The van der Waals surface area contributed by atoms with Crippen molar-refractivity contribution in [2.75, 3.05) is 13.7 Å². The summed E-state index contributed by atoms with van der Waals surface area (Å²) in [6.07, 6.45) is -16.3. The largest absolute Gasteiger partial charge is 0.479 e. The molecule has 2 saturated heterocycles. The first-order valence-corrected chi connectivity index (χ1v) is 10.5. The first kappa shape index (κ1) is 26.7. The predicted octanol–water partition coefficient (Wildman–Crippen LogP) is -4.68. The van der Waals surface area contributed by atoms with Gasteiger partial charge in [-0.3, -0.25) is 9.35 Å². The van der Waals surface area contributed by atoms with Crippen LogP contribution in [0.1, 0.15) is 6.92 Å². The molecule has 32 heavy (non-hydrogen) atoms. The van der Waals surface area contributed by atoms with E-state index >= 15 is 0 Å². The molecule has 0 radical (unpaired) electrons. The summed E-state index contributed by atoms with van der Waals surface area (Å²) in [5.41, 5.74) is 0. The van der Waals surface area contributed by atoms with Gasteiger partial charge in [0.2, 0.25) is 5.91 Å². The first-order valence-electron chi connectivity index (χ1n) is 9.10. The molecular weight excluding hydrogens is 466 g/mol. The molecule has 0 spiro atoms. The Labute approximate surface area is 181 Å². The fourth-order valence-corrected chi connectivity index (χ4v) is 3.58. The second-order valence-corrected chi connectivity index (χ2v) is 8.13. The van der Waals surface area contributed by atoms with Gasteiger partial charge < -0.3 is 49.8 Å². The van der Waals surface area contributed by atoms with Crippen LogP contribution in [-0.4, -0.2) is 125 Å². The molecule has 2 aliphatic rings. The average molecular weight is 491 g/mol. The smallest absolute Gasteiger partial charge is 0.397 e. The third kappa shape index (κ3) is 6.29. The van der Waals surface area contributed by atoms with Gasteiger partial charge >= 0.3 is 16.4 Å². The van der Waals surface area contributed by atoms with Crippen molar-refractivity contribution in [3.8, 4) is 0 Å². The molecule has 0 bridgehead atoms. The minimum absolute atomic E-state index is 0.641. The van der Waals surface area contributed by atoms with Gasteiger partial charge in [0.25, 0.3) is 0 Å². The zero-order valence-electron chi connectivity index (χ0n) is 16.7. The van der Waals surface area contributed by atoms with Crippen molar-refractivity contribution in [1.29, 1.82) is 0 Å². The fourth-order valence-electron chi connectivity index (χ4n) is 3.28. The lowest BCUT2D eigenvalue weighted by Gasteiger charge is -2.46. The quantitative estimate of drug-likeness (QED) is 0.158. The Morgan fingerprint density at radius 3 is 2.12 bits per heavy atom. The standard InChI is InChI=1S/C15H25NO15S/c1-4(17)16-6-11(7(18)5(29-14(6)27-2)3-28-32(24,25)26)30-15-10(21)8(19)9(20)12(31-15)13(22)23/h5-12,14-15,18-21H,3H2,1-2H3,(H,16,17)(H,22,23)(H,24,25,26)/t5?,6?,7-,8+,9+,10?,11-,12?,14+,15-/m1/s1. The number of methoxy groups -OCH3 is 1. The molecule has 16 nitrogen and oxygen atoms in total. The fraction of sp³-hybridized carbons (Fsp3) is 0.867. The van der Waals surface area contributed by atoms with Crippen LogP contribution in [0.15, 0.2) is 0 Å². The second-order valence-electron chi connectivity index (χ2n) is 7.04. The van der Waals surface area contributed by atoms with E-state index in [-0.39, 0.29) is 0 Å². The minimum atomic E-state index is -4.92. The highest BCUT2D eigenvalue weighted by atomic mass is 32.3. The first-order chi connectivity index (χ1) is 14.8. The van der Waals surface area contributed by atoms with Gasteiger partial charge in [-0.05, 0) is 0 Å². The Morgan fingerprint density at radius 1 is 1.00 bits per heavy atom. The minimum Gasteiger partial charge on any atom is -0.479 e. The Hall–Kier alpha value is -1.51. The third-order valence-electron chi connectivity index (χ3n) is 4.76. The second kappa shape index (κ2) is 10.6. The van der Waals surface area contributed by atoms with Crippen molar-refractivity contribution >= 4 is 22.3 Å². The van der Waals surface area contributed by atoms with E-state index in [9.17, 15) is 38.4 Å². The number of hydrogen-bond donors (Lipinski definition) is 7. The van der Waals surface area contributed by atoms with Crippen molar-refractivity contribution < 1.29 is 71.2 Å². The third-order valence-corrected chi connectivity index (χ3v) is 5.20. The number of nitrogens with one attached hydrogen (secondary N) is 1. The zero-order valence-corrected chi connectivity index (χ0v) is 17.6. The van der Waals surface area contributed by atoms with Crippen LogP contribution >= 0.6 is 0 Å². The van der Waals surface area contributed by atoms with Crippen molar-refractivity contribution in [3.05, 3.63) is 0 Å². The van der Waals surface area contributed by atoms with E-state index in [1.807, 2.05) is 0 Å². The lowest BCUT2D eigenvalue weighted by molar-refractivity contribution is -0.338. The molecule has 0 aromatic carbocycles. The van der Waals surface area contributed by atoms with Crippen LogP contribution in [-0.2, 0) is 43.1 Å². The summed E-state index contributed by atoms with van der Waals surface area (Å²) in [5, 5.41) is 52.1. The summed E-state index contributed by atoms with van der Waals surface area (Å²) in [4.78, 5) is 22.9. The Balaban J connectivity index is 2.32. The highest BCUT2D eigenvalue weighted by molar-refractivity contribution is 7.80. The number of carboxylic acids is 1. The predicted molar refractivity (Wildman–Crippen MR) is 96.0 cm³/mol. The van der Waals surface area contributed by atoms with Crippen molar-refractivity contribution in [3.63, 3.8) is 0 Å².